The van der Waals surface area contributed by atoms with E-state index in [9.17, 15) is 8.42 Å². The first-order valence-corrected chi connectivity index (χ1v) is 7.19. The fourth-order valence-corrected chi connectivity index (χ4v) is 2.19. The molecule has 0 aliphatic rings. The topological polar surface area (TPSA) is 65.0 Å². The largest absolute Gasteiger partial charge is 0.497 e. The summed E-state index contributed by atoms with van der Waals surface area (Å²) < 4.78 is 33.1. The van der Waals surface area contributed by atoms with Crippen molar-refractivity contribution in [2.45, 2.75) is 4.90 Å². The zero-order valence-electron chi connectivity index (χ0n) is 10.8. The molecule has 2 rings (SSSR count). The first kappa shape index (κ1) is 14.1. The molecule has 0 N–H and O–H groups in total. The Morgan fingerprint density at radius 1 is 1.00 bits per heavy atom. The summed E-state index contributed by atoms with van der Waals surface area (Å²) in [5, 5.41) is 3.49. The minimum Gasteiger partial charge on any atom is -0.497 e. The SMILES string of the molecule is COc1ccc(C=NOS(=O)(=O)c2ccccc2)cc1. The number of hydrogen-bond acceptors (Lipinski definition) is 5. The third-order valence-corrected chi connectivity index (χ3v) is 3.62. The van der Waals surface area contributed by atoms with Crippen molar-refractivity contribution < 1.29 is 17.4 Å². The second kappa shape index (κ2) is 6.21. The van der Waals surface area contributed by atoms with Crippen LogP contribution in [0.2, 0.25) is 0 Å². The zero-order valence-corrected chi connectivity index (χ0v) is 11.6. The summed E-state index contributed by atoms with van der Waals surface area (Å²) in [6.07, 6.45) is 1.32. The lowest BCUT2D eigenvalue weighted by Gasteiger charge is -2.01. The molecule has 2 aromatic carbocycles. The van der Waals surface area contributed by atoms with Crippen molar-refractivity contribution in [3.8, 4) is 5.75 Å². The molecule has 6 heteroatoms. The van der Waals surface area contributed by atoms with Crippen molar-refractivity contribution in [2.75, 3.05) is 7.11 Å². The molecular weight excluding hydrogens is 278 g/mol. The molecule has 0 unspecified atom stereocenters. The van der Waals surface area contributed by atoms with Crippen LogP contribution in [0.25, 0.3) is 0 Å². The molecule has 2 aromatic rings. The van der Waals surface area contributed by atoms with Gasteiger partial charge in [0.15, 0.2) is 0 Å². The lowest BCUT2D eigenvalue weighted by molar-refractivity contribution is 0.341. The Bertz CT molecular complexity index is 679. The van der Waals surface area contributed by atoms with Crippen LogP contribution in [0.15, 0.2) is 64.6 Å². The normalized spacial score (nSPS) is 11.4. The van der Waals surface area contributed by atoms with Gasteiger partial charge in [-0.1, -0.05) is 23.4 Å². The Morgan fingerprint density at radius 3 is 2.25 bits per heavy atom. The predicted octanol–water partition coefficient (Wildman–Crippen LogP) is 2.43. The molecule has 0 amide bonds. The van der Waals surface area contributed by atoms with Gasteiger partial charge in [0.05, 0.1) is 13.3 Å². The molecule has 0 saturated heterocycles. The molecule has 0 heterocycles. The summed E-state index contributed by atoms with van der Waals surface area (Å²) in [6.45, 7) is 0. The van der Waals surface area contributed by atoms with Crippen molar-refractivity contribution in [2.24, 2.45) is 5.16 Å². The minimum absolute atomic E-state index is 0.0619. The summed E-state index contributed by atoms with van der Waals surface area (Å²) >= 11 is 0. The highest BCUT2D eigenvalue weighted by molar-refractivity contribution is 7.86. The van der Waals surface area contributed by atoms with Crippen LogP contribution in [0.4, 0.5) is 0 Å². The predicted molar refractivity (Wildman–Crippen MR) is 75.3 cm³/mol. The Balaban J connectivity index is 2.05. The van der Waals surface area contributed by atoms with Crippen LogP contribution in [0.1, 0.15) is 5.56 Å². The van der Waals surface area contributed by atoms with E-state index in [0.717, 1.165) is 0 Å². The van der Waals surface area contributed by atoms with E-state index < -0.39 is 10.1 Å². The van der Waals surface area contributed by atoms with Gasteiger partial charge in [0, 0.05) is 0 Å². The quantitative estimate of drug-likeness (QED) is 0.627. The number of nitrogens with zero attached hydrogens (tertiary/aromatic N) is 1. The van der Waals surface area contributed by atoms with Gasteiger partial charge in [0.2, 0.25) is 0 Å². The molecule has 0 saturated carbocycles. The van der Waals surface area contributed by atoms with Crippen LogP contribution in [0, 0.1) is 0 Å². The van der Waals surface area contributed by atoms with Gasteiger partial charge in [-0.15, -0.1) is 0 Å². The number of oxime groups is 1. The second-order valence-corrected chi connectivity index (χ2v) is 5.38. The van der Waals surface area contributed by atoms with Gasteiger partial charge < -0.3 is 4.74 Å². The van der Waals surface area contributed by atoms with E-state index in [2.05, 4.69) is 9.44 Å². The maximum absolute atomic E-state index is 11.8. The summed E-state index contributed by atoms with van der Waals surface area (Å²) in [4.78, 5) is 0.0619. The number of benzene rings is 2. The summed E-state index contributed by atoms with van der Waals surface area (Å²) in [6, 6.07) is 14.8. The van der Waals surface area contributed by atoms with Crippen molar-refractivity contribution >= 4 is 16.3 Å². The summed E-state index contributed by atoms with van der Waals surface area (Å²) in [7, 11) is -2.30. The zero-order chi connectivity index (χ0) is 14.4. The van der Waals surface area contributed by atoms with E-state index in [-0.39, 0.29) is 4.90 Å². The molecule has 0 atom stereocenters. The minimum atomic E-state index is -3.87. The standard InChI is InChI=1S/C14H13NO4S/c1-18-13-9-7-12(8-10-13)11-15-19-20(16,17)14-5-3-2-4-6-14/h2-11H,1H3. The molecule has 0 bridgehead atoms. The van der Waals surface area contributed by atoms with Crippen LogP contribution in [0.5, 0.6) is 5.75 Å². The average molecular weight is 291 g/mol. The first-order chi connectivity index (χ1) is 9.62. The van der Waals surface area contributed by atoms with E-state index in [0.29, 0.717) is 11.3 Å². The van der Waals surface area contributed by atoms with E-state index in [4.69, 9.17) is 4.74 Å². The summed E-state index contributed by atoms with van der Waals surface area (Å²) in [5.41, 5.74) is 0.703. The van der Waals surface area contributed by atoms with Crippen LogP contribution >= 0.6 is 0 Å². The Hall–Kier alpha value is -2.34. The van der Waals surface area contributed by atoms with Crippen molar-refractivity contribution in [3.05, 3.63) is 60.2 Å². The molecule has 0 aromatic heterocycles. The third kappa shape index (κ3) is 3.58. The Labute approximate surface area is 117 Å². The lowest BCUT2D eigenvalue weighted by atomic mass is 10.2. The monoisotopic (exact) mass is 291 g/mol. The highest BCUT2D eigenvalue weighted by Crippen LogP contribution is 2.12. The van der Waals surface area contributed by atoms with E-state index in [1.54, 1.807) is 49.6 Å². The molecule has 104 valence electrons. The highest BCUT2D eigenvalue weighted by atomic mass is 32.2. The number of hydrogen-bond donors (Lipinski definition) is 0. The third-order valence-electron chi connectivity index (χ3n) is 2.49. The second-order valence-electron chi connectivity index (χ2n) is 3.85. The molecule has 20 heavy (non-hydrogen) atoms. The van der Waals surface area contributed by atoms with Gasteiger partial charge in [0.25, 0.3) is 0 Å². The fourth-order valence-electron chi connectivity index (χ4n) is 1.46. The highest BCUT2D eigenvalue weighted by Gasteiger charge is 2.14. The molecular formula is C14H13NO4S. The summed E-state index contributed by atoms with van der Waals surface area (Å²) in [5.74, 6) is 0.708. The van der Waals surface area contributed by atoms with Crippen molar-refractivity contribution in [3.63, 3.8) is 0 Å². The fraction of sp³-hybridized carbons (Fsp3) is 0.0714. The van der Waals surface area contributed by atoms with Gasteiger partial charge in [-0.3, -0.25) is 4.28 Å². The molecule has 5 nitrogen and oxygen atoms in total. The van der Waals surface area contributed by atoms with E-state index >= 15 is 0 Å². The van der Waals surface area contributed by atoms with Crippen LogP contribution in [-0.2, 0) is 14.4 Å². The van der Waals surface area contributed by atoms with Gasteiger partial charge in [-0.2, -0.15) is 8.42 Å². The maximum atomic E-state index is 11.8. The smallest absolute Gasteiger partial charge is 0.358 e. The van der Waals surface area contributed by atoms with Crippen molar-refractivity contribution in [1.29, 1.82) is 0 Å². The van der Waals surface area contributed by atoms with Crippen molar-refractivity contribution in [1.82, 2.24) is 0 Å². The molecule has 0 aliphatic carbocycles. The first-order valence-electron chi connectivity index (χ1n) is 5.78. The maximum Gasteiger partial charge on any atom is 0.358 e. The number of rotatable bonds is 5. The van der Waals surface area contributed by atoms with Gasteiger partial charge >= 0.3 is 10.1 Å². The molecule has 0 aliphatic heterocycles. The molecule has 0 fully saturated rings. The molecule has 0 radical (unpaired) electrons. The van der Waals surface area contributed by atoms with E-state index in [1.807, 2.05) is 0 Å². The van der Waals surface area contributed by atoms with Crippen LogP contribution < -0.4 is 4.74 Å². The number of methoxy groups -OCH3 is 1. The van der Waals surface area contributed by atoms with Gasteiger partial charge in [-0.05, 0) is 42.0 Å². The Morgan fingerprint density at radius 2 is 1.65 bits per heavy atom. The Kier molecular flexibility index (Phi) is 4.37. The van der Waals surface area contributed by atoms with Crippen LogP contribution in [-0.4, -0.2) is 21.7 Å². The lowest BCUT2D eigenvalue weighted by Crippen LogP contribution is -2.02. The van der Waals surface area contributed by atoms with Crippen LogP contribution in [0.3, 0.4) is 0 Å². The average Bonchev–Trinajstić information content (AvgIpc) is 2.49. The molecule has 0 spiro atoms. The number of ether oxygens (including phenoxy) is 1. The van der Waals surface area contributed by atoms with Gasteiger partial charge in [-0.25, -0.2) is 0 Å². The van der Waals surface area contributed by atoms with Gasteiger partial charge in [0.1, 0.15) is 10.6 Å². The van der Waals surface area contributed by atoms with E-state index in [1.165, 1.54) is 18.3 Å².